The number of anilines is 1. The molecule has 1 saturated heterocycles. The predicted octanol–water partition coefficient (Wildman–Crippen LogP) is 3.96. The average Bonchev–Trinajstić information content (AvgIpc) is 3.18. The van der Waals surface area contributed by atoms with Gasteiger partial charge in [-0.05, 0) is 50.3 Å². The Bertz CT molecular complexity index is 769. The van der Waals surface area contributed by atoms with Crippen LogP contribution in [0.5, 0.6) is 5.75 Å². The normalized spacial score (nSPS) is 14.9. The fraction of sp³-hybridized carbons (Fsp3) is 0.400. The summed E-state index contributed by atoms with van der Waals surface area (Å²) >= 11 is 1.43. The average molecular weight is 388 g/mol. The third-order valence-corrected chi connectivity index (χ3v) is 5.22. The Morgan fingerprint density at radius 2 is 1.89 bits per heavy atom. The van der Waals surface area contributed by atoms with Crippen LogP contribution in [0.3, 0.4) is 0 Å². The van der Waals surface area contributed by atoms with Crippen molar-refractivity contribution >= 4 is 29.0 Å². The maximum atomic E-state index is 12.6. The summed E-state index contributed by atoms with van der Waals surface area (Å²) in [5, 5.41) is 7.89. The molecule has 0 unspecified atom stereocenters. The summed E-state index contributed by atoms with van der Waals surface area (Å²) in [6.07, 6.45) is 1.52. The molecule has 0 aliphatic carbocycles. The summed E-state index contributed by atoms with van der Waals surface area (Å²) < 4.78 is 5.75. The molecule has 0 saturated carbocycles. The van der Waals surface area contributed by atoms with E-state index in [1.54, 1.807) is 4.90 Å². The second kappa shape index (κ2) is 8.90. The van der Waals surface area contributed by atoms with E-state index < -0.39 is 0 Å². The number of carbonyl (C=O) groups is 2. The number of nitrogens with zero attached hydrogens (tertiary/aromatic N) is 1. The van der Waals surface area contributed by atoms with Crippen LogP contribution in [0.15, 0.2) is 41.8 Å². The molecule has 2 heterocycles. The van der Waals surface area contributed by atoms with Crippen molar-refractivity contribution in [2.45, 2.75) is 38.8 Å². The number of hydrogen-bond acceptors (Lipinski definition) is 4. The first-order valence-electron chi connectivity index (χ1n) is 9.19. The molecule has 3 rings (SSSR count). The minimum absolute atomic E-state index is 0.0331. The van der Waals surface area contributed by atoms with Crippen molar-refractivity contribution < 1.29 is 14.3 Å². The summed E-state index contributed by atoms with van der Waals surface area (Å²) in [6.45, 7) is 5.12. The minimum atomic E-state index is -0.141. The summed E-state index contributed by atoms with van der Waals surface area (Å²) in [7, 11) is 0. The van der Waals surface area contributed by atoms with Crippen LogP contribution >= 0.6 is 11.3 Å². The third-order valence-electron chi connectivity index (χ3n) is 4.35. The summed E-state index contributed by atoms with van der Waals surface area (Å²) in [6, 6.07) is 11.1. The lowest BCUT2D eigenvalue weighted by Crippen LogP contribution is -2.47. The monoisotopic (exact) mass is 387 g/mol. The standard InChI is InChI=1S/C20H25N3O3S/c1-14(2)26-17-7-4-3-6-16(17)22-20(25)23-11-9-15(10-12-23)21-19(24)18-8-5-13-27-18/h3-8,13-15H,9-12H2,1-2H3,(H,21,24)(H,22,25). The second-order valence-corrected chi connectivity index (χ2v) is 7.75. The van der Waals surface area contributed by atoms with Crippen LogP contribution in [0.1, 0.15) is 36.4 Å². The second-order valence-electron chi connectivity index (χ2n) is 6.81. The van der Waals surface area contributed by atoms with Gasteiger partial charge in [0, 0.05) is 19.1 Å². The van der Waals surface area contributed by atoms with E-state index in [1.165, 1.54) is 11.3 Å². The highest BCUT2D eigenvalue weighted by Gasteiger charge is 2.25. The maximum Gasteiger partial charge on any atom is 0.321 e. The van der Waals surface area contributed by atoms with E-state index in [0.29, 0.717) is 24.5 Å². The molecule has 0 spiro atoms. The van der Waals surface area contributed by atoms with Crippen molar-refractivity contribution in [3.63, 3.8) is 0 Å². The molecule has 1 aliphatic rings. The molecular formula is C20H25N3O3S. The molecule has 6 nitrogen and oxygen atoms in total. The zero-order chi connectivity index (χ0) is 19.2. The summed E-state index contributed by atoms with van der Waals surface area (Å²) in [4.78, 5) is 27.2. The Kier molecular flexibility index (Phi) is 6.34. The molecule has 0 bridgehead atoms. The van der Waals surface area contributed by atoms with Gasteiger partial charge in [0.05, 0.1) is 16.7 Å². The van der Waals surface area contributed by atoms with Gasteiger partial charge in [-0.15, -0.1) is 11.3 Å². The number of nitrogens with one attached hydrogen (secondary N) is 2. The van der Waals surface area contributed by atoms with E-state index >= 15 is 0 Å². The van der Waals surface area contributed by atoms with Crippen LogP contribution in [0, 0.1) is 0 Å². The number of hydrogen-bond donors (Lipinski definition) is 2. The number of ether oxygens (including phenoxy) is 1. The van der Waals surface area contributed by atoms with Gasteiger partial charge in [0.2, 0.25) is 0 Å². The molecule has 2 aromatic rings. The maximum absolute atomic E-state index is 12.6. The fourth-order valence-corrected chi connectivity index (χ4v) is 3.64. The number of amides is 3. The first-order valence-corrected chi connectivity index (χ1v) is 10.1. The van der Waals surface area contributed by atoms with Gasteiger partial charge in [0.1, 0.15) is 5.75 Å². The number of benzene rings is 1. The molecule has 1 fully saturated rings. The molecular weight excluding hydrogens is 362 g/mol. The number of urea groups is 1. The molecule has 2 N–H and O–H groups in total. The Labute approximate surface area is 163 Å². The Balaban J connectivity index is 1.51. The lowest BCUT2D eigenvalue weighted by atomic mass is 10.1. The number of likely N-dealkylation sites (tertiary alicyclic amines) is 1. The minimum Gasteiger partial charge on any atom is -0.489 e. The molecule has 27 heavy (non-hydrogen) atoms. The summed E-state index contributed by atoms with van der Waals surface area (Å²) in [5.74, 6) is 0.631. The van der Waals surface area contributed by atoms with Gasteiger partial charge in [-0.25, -0.2) is 4.79 Å². The lowest BCUT2D eigenvalue weighted by molar-refractivity contribution is 0.0923. The van der Waals surface area contributed by atoms with Crippen molar-refractivity contribution in [2.75, 3.05) is 18.4 Å². The van der Waals surface area contributed by atoms with Crippen molar-refractivity contribution in [3.8, 4) is 5.75 Å². The molecule has 0 radical (unpaired) electrons. The van der Waals surface area contributed by atoms with E-state index in [4.69, 9.17) is 4.74 Å². The van der Waals surface area contributed by atoms with Crippen LogP contribution in [-0.4, -0.2) is 42.1 Å². The molecule has 1 aromatic heterocycles. The van der Waals surface area contributed by atoms with Gasteiger partial charge < -0.3 is 20.3 Å². The van der Waals surface area contributed by atoms with Gasteiger partial charge in [-0.2, -0.15) is 0 Å². The smallest absolute Gasteiger partial charge is 0.321 e. The predicted molar refractivity (Wildman–Crippen MR) is 108 cm³/mol. The van der Waals surface area contributed by atoms with Gasteiger partial charge in [-0.1, -0.05) is 18.2 Å². The number of thiophene rings is 1. The number of rotatable bonds is 5. The first-order chi connectivity index (χ1) is 13.0. The van der Waals surface area contributed by atoms with Crippen molar-refractivity contribution in [3.05, 3.63) is 46.7 Å². The highest BCUT2D eigenvalue weighted by Crippen LogP contribution is 2.25. The van der Waals surface area contributed by atoms with Crippen LogP contribution in [0.25, 0.3) is 0 Å². The van der Waals surface area contributed by atoms with Crippen molar-refractivity contribution in [1.29, 1.82) is 0 Å². The quantitative estimate of drug-likeness (QED) is 0.816. The fourth-order valence-electron chi connectivity index (χ4n) is 3.01. The Morgan fingerprint density at radius 3 is 2.56 bits per heavy atom. The van der Waals surface area contributed by atoms with Crippen LogP contribution < -0.4 is 15.4 Å². The van der Waals surface area contributed by atoms with Crippen LogP contribution in [-0.2, 0) is 0 Å². The lowest BCUT2D eigenvalue weighted by Gasteiger charge is -2.32. The number of piperidine rings is 1. The Hall–Kier alpha value is -2.54. The first kappa shape index (κ1) is 19.2. The van der Waals surface area contributed by atoms with Crippen LogP contribution in [0.4, 0.5) is 10.5 Å². The Morgan fingerprint density at radius 1 is 1.15 bits per heavy atom. The zero-order valence-corrected chi connectivity index (χ0v) is 16.4. The van der Waals surface area contributed by atoms with Gasteiger partial charge in [0.15, 0.2) is 0 Å². The number of para-hydroxylation sites is 2. The zero-order valence-electron chi connectivity index (χ0n) is 15.6. The highest BCUT2D eigenvalue weighted by atomic mass is 32.1. The van der Waals surface area contributed by atoms with Crippen molar-refractivity contribution in [1.82, 2.24) is 10.2 Å². The van der Waals surface area contributed by atoms with Crippen molar-refractivity contribution in [2.24, 2.45) is 0 Å². The topological polar surface area (TPSA) is 70.7 Å². The van der Waals surface area contributed by atoms with E-state index in [9.17, 15) is 9.59 Å². The molecule has 3 amide bonds. The van der Waals surface area contributed by atoms with E-state index in [2.05, 4.69) is 10.6 Å². The molecule has 144 valence electrons. The molecule has 1 aromatic carbocycles. The molecule has 1 aliphatic heterocycles. The number of carbonyl (C=O) groups excluding carboxylic acids is 2. The summed E-state index contributed by atoms with van der Waals surface area (Å²) in [5.41, 5.74) is 0.671. The van der Waals surface area contributed by atoms with E-state index in [0.717, 1.165) is 17.7 Å². The molecule has 7 heteroatoms. The van der Waals surface area contributed by atoms with Gasteiger partial charge in [0.25, 0.3) is 5.91 Å². The molecule has 0 atom stereocenters. The van der Waals surface area contributed by atoms with E-state index in [-0.39, 0.29) is 24.1 Å². The highest BCUT2D eigenvalue weighted by molar-refractivity contribution is 7.12. The van der Waals surface area contributed by atoms with Gasteiger partial charge >= 0.3 is 6.03 Å². The van der Waals surface area contributed by atoms with Crippen LogP contribution in [0.2, 0.25) is 0 Å². The van der Waals surface area contributed by atoms with E-state index in [1.807, 2.05) is 55.6 Å². The SMILES string of the molecule is CC(C)Oc1ccccc1NC(=O)N1CCC(NC(=O)c2cccs2)CC1. The third kappa shape index (κ3) is 5.23. The van der Waals surface area contributed by atoms with Gasteiger partial charge in [-0.3, -0.25) is 4.79 Å². The largest absolute Gasteiger partial charge is 0.489 e.